The minimum Gasteiger partial charge on any atom is -0.330 e. The van der Waals surface area contributed by atoms with Crippen molar-refractivity contribution in [1.29, 1.82) is 0 Å². The summed E-state index contributed by atoms with van der Waals surface area (Å²) in [5.41, 5.74) is 5.41. The fourth-order valence-electron chi connectivity index (χ4n) is 1.09. The molecule has 0 aromatic heterocycles. The quantitative estimate of drug-likeness (QED) is 0.549. The van der Waals surface area contributed by atoms with E-state index in [0.717, 1.165) is 32.0 Å². The smallest absolute Gasteiger partial charge is 0.00231 e. The fraction of sp³-hybridized carbons (Fsp3) is 1.00. The van der Waals surface area contributed by atoms with Gasteiger partial charge in [0, 0.05) is 0 Å². The van der Waals surface area contributed by atoms with Crippen LogP contribution in [0.5, 0.6) is 0 Å². The molecule has 0 radical (unpaired) electrons. The van der Waals surface area contributed by atoms with Crippen LogP contribution in [0.4, 0.5) is 0 Å². The Morgan fingerprint density at radius 3 is 2.73 bits per heavy atom. The van der Waals surface area contributed by atoms with Crippen molar-refractivity contribution >= 4 is 0 Å². The molecular formula is C9H22N2. The van der Waals surface area contributed by atoms with Gasteiger partial charge in [0.25, 0.3) is 0 Å². The highest BCUT2D eigenvalue weighted by Gasteiger charge is 1.98. The van der Waals surface area contributed by atoms with Crippen molar-refractivity contribution < 1.29 is 0 Å². The summed E-state index contributed by atoms with van der Waals surface area (Å²) in [7, 11) is 0. The second-order valence-corrected chi connectivity index (χ2v) is 3.24. The minimum atomic E-state index is 0.782. The Bertz CT molecular complexity index is 74.0. The SMILES string of the molecule is CCCNCC(C)CCCN. The summed E-state index contributed by atoms with van der Waals surface area (Å²) in [5, 5.41) is 3.40. The van der Waals surface area contributed by atoms with Gasteiger partial charge in [0.1, 0.15) is 0 Å². The van der Waals surface area contributed by atoms with Crippen LogP contribution in [0.25, 0.3) is 0 Å². The minimum absolute atomic E-state index is 0.782. The van der Waals surface area contributed by atoms with E-state index in [4.69, 9.17) is 5.73 Å². The largest absolute Gasteiger partial charge is 0.330 e. The average molecular weight is 158 g/mol. The van der Waals surface area contributed by atoms with Crippen molar-refractivity contribution in [3.63, 3.8) is 0 Å². The maximum absolute atomic E-state index is 5.41. The maximum Gasteiger partial charge on any atom is -0.00231 e. The van der Waals surface area contributed by atoms with Crippen LogP contribution in [-0.4, -0.2) is 19.6 Å². The molecule has 68 valence electrons. The molecular weight excluding hydrogens is 136 g/mol. The van der Waals surface area contributed by atoms with Gasteiger partial charge in [-0.25, -0.2) is 0 Å². The lowest BCUT2D eigenvalue weighted by atomic mass is 10.1. The molecule has 0 saturated carbocycles. The molecule has 1 unspecified atom stereocenters. The predicted octanol–water partition coefficient (Wildman–Crippen LogP) is 1.36. The van der Waals surface area contributed by atoms with Gasteiger partial charge >= 0.3 is 0 Å². The van der Waals surface area contributed by atoms with Crippen molar-refractivity contribution in [1.82, 2.24) is 5.32 Å². The van der Waals surface area contributed by atoms with Crippen LogP contribution in [0.3, 0.4) is 0 Å². The summed E-state index contributed by atoms with van der Waals surface area (Å²) in [6.07, 6.45) is 3.64. The molecule has 1 atom stereocenters. The van der Waals surface area contributed by atoms with E-state index < -0.39 is 0 Å². The Morgan fingerprint density at radius 1 is 1.45 bits per heavy atom. The zero-order chi connectivity index (χ0) is 8.53. The van der Waals surface area contributed by atoms with Crippen molar-refractivity contribution in [3.8, 4) is 0 Å². The highest BCUT2D eigenvalue weighted by atomic mass is 14.8. The monoisotopic (exact) mass is 158 g/mol. The van der Waals surface area contributed by atoms with Gasteiger partial charge in [-0.05, 0) is 44.8 Å². The molecule has 0 fully saturated rings. The van der Waals surface area contributed by atoms with E-state index >= 15 is 0 Å². The Balaban J connectivity index is 3.02. The van der Waals surface area contributed by atoms with E-state index in [9.17, 15) is 0 Å². The molecule has 2 heteroatoms. The van der Waals surface area contributed by atoms with Crippen molar-refractivity contribution in [3.05, 3.63) is 0 Å². The van der Waals surface area contributed by atoms with E-state index in [0.29, 0.717) is 0 Å². The van der Waals surface area contributed by atoms with Crippen LogP contribution in [0.2, 0.25) is 0 Å². The van der Waals surface area contributed by atoms with Gasteiger partial charge in [0.2, 0.25) is 0 Å². The Labute approximate surface area is 70.5 Å². The summed E-state index contributed by atoms with van der Waals surface area (Å²) in [5.74, 6) is 0.782. The van der Waals surface area contributed by atoms with E-state index in [1.165, 1.54) is 12.8 Å². The van der Waals surface area contributed by atoms with E-state index in [1.54, 1.807) is 0 Å². The van der Waals surface area contributed by atoms with Crippen LogP contribution in [-0.2, 0) is 0 Å². The Morgan fingerprint density at radius 2 is 2.18 bits per heavy atom. The van der Waals surface area contributed by atoms with Crippen LogP contribution >= 0.6 is 0 Å². The molecule has 0 aromatic rings. The van der Waals surface area contributed by atoms with Crippen LogP contribution < -0.4 is 11.1 Å². The van der Waals surface area contributed by atoms with Gasteiger partial charge in [-0.1, -0.05) is 13.8 Å². The molecule has 2 nitrogen and oxygen atoms in total. The summed E-state index contributed by atoms with van der Waals surface area (Å²) in [6, 6.07) is 0. The third kappa shape index (κ3) is 7.82. The lowest BCUT2D eigenvalue weighted by Crippen LogP contribution is -2.22. The maximum atomic E-state index is 5.41. The first-order chi connectivity index (χ1) is 5.31. The van der Waals surface area contributed by atoms with Gasteiger partial charge in [-0.15, -0.1) is 0 Å². The first-order valence-corrected chi connectivity index (χ1v) is 4.72. The van der Waals surface area contributed by atoms with Crippen molar-refractivity contribution in [2.45, 2.75) is 33.1 Å². The van der Waals surface area contributed by atoms with Crippen molar-refractivity contribution in [2.75, 3.05) is 19.6 Å². The number of hydrogen-bond acceptors (Lipinski definition) is 2. The average Bonchev–Trinajstić information content (AvgIpc) is 2.01. The molecule has 0 rings (SSSR count). The highest BCUT2D eigenvalue weighted by molar-refractivity contribution is 4.56. The number of nitrogens with one attached hydrogen (secondary N) is 1. The molecule has 0 saturated heterocycles. The molecule has 0 spiro atoms. The molecule has 0 aromatic carbocycles. The summed E-state index contributed by atoms with van der Waals surface area (Å²) in [6.45, 7) is 7.59. The number of hydrogen-bond donors (Lipinski definition) is 2. The van der Waals surface area contributed by atoms with Crippen LogP contribution in [0.1, 0.15) is 33.1 Å². The van der Waals surface area contributed by atoms with Crippen LogP contribution in [0.15, 0.2) is 0 Å². The second kappa shape index (κ2) is 8.02. The number of nitrogens with two attached hydrogens (primary N) is 1. The summed E-state index contributed by atoms with van der Waals surface area (Å²) >= 11 is 0. The highest BCUT2D eigenvalue weighted by Crippen LogP contribution is 2.02. The molecule has 0 aliphatic rings. The topological polar surface area (TPSA) is 38.0 Å². The second-order valence-electron chi connectivity index (χ2n) is 3.24. The zero-order valence-corrected chi connectivity index (χ0v) is 7.90. The molecule has 0 aliphatic heterocycles. The molecule has 0 amide bonds. The summed E-state index contributed by atoms with van der Waals surface area (Å²) < 4.78 is 0. The molecule has 3 N–H and O–H groups in total. The standard InChI is InChI=1S/C9H22N2/c1-3-7-11-8-9(2)5-4-6-10/h9,11H,3-8,10H2,1-2H3. The molecule has 0 aliphatic carbocycles. The third-order valence-electron chi connectivity index (χ3n) is 1.82. The van der Waals surface area contributed by atoms with Gasteiger partial charge in [-0.2, -0.15) is 0 Å². The lowest BCUT2D eigenvalue weighted by Gasteiger charge is -2.10. The Hall–Kier alpha value is -0.0800. The molecule has 11 heavy (non-hydrogen) atoms. The van der Waals surface area contributed by atoms with Gasteiger partial charge < -0.3 is 11.1 Å². The van der Waals surface area contributed by atoms with Crippen molar-refractivity contribution in [2.24, 2.45) is 11.7 Å². The van der Waals surface area contributed by atoms with Gasteiger partial charge in [-0.3, -0.25) is 0 Å². The van der Waals surface area contributed by atoms with E-state index in [2.05, 4.69) is 19.2 Å². The van der Waals surface area contributed by atoms with Gasteiger partial charge in [0.15, 0.2) is 0 Å². The number of rotatable bonds is 7. The Kier molecular flexibility index (Phi) is 7.96. The molecule has 0 heterocycles. The molecule has 0 bridgehead atoms. The van der Waals surface area contributed by atoms with E-state index in [-0.39, 0.29) is 0 Å². The van der Waals surface area contributed by atoms with Gasteiger partial charge in [0.05, 0.1) is 0 Å². The van der Waals surface area contributed by atoms with E-state index in [1.807, 2.05) is 0 Å². The lowest BCUT2D eigenvalue weighted by molar-refractivity contribution is 0.470. The zero-order valence-electron chi connectivity index (χ0n) is 7.90. The normalized spacial score (nSPS) is 13.4. The predicted molar refractivity (Wildman–Crippen MR) is 50.6 cm³/mol. The van der Waals surface area contributed by atoms with Crippen LogP contribution in [0, 0.1) is 5.92 Å². The fourth-order valence-corrected chi connectivity index (χ4v) is 1.09. The first kappa shape index (κ1) is 10.9. The summed E-state index contributed by atoms with van der Waals surface area (Å²) in [4.78, 5) is 0. The first-order valence-electron chi connectivity index (χ1n) is 4.72. The third-order valence-corrected chi connectivity index (χ3v) is 1.82.